The number of nitrogens with two attached hydrogens (primary N) is 1. The number of carbonyl (C=O) groups excluding carboxylic acids is 1. The molecule has 0 atom stereocenters. The van der Waals surface area contributed by atoms with Gasteiger partial charge in [0.15, 0.2) is 5.13 Å². The quantitative estimate of drug-likeness (QED) is 0.902. The van der Waals surface area contributed by atoms with Gasteiger partial charge in [-0.1, -0.05) is 0 Å². The molecule has 5 nitrogen and oxygen atoms in total. The van der Waals surface area contributed by atoms with Crippen LogP contribution in [0.1, 0.15) is 17.4 Å². The first-order chi connectivity index (χ1) is 9.10. The van der Waals surface area contributed by atoms with Gasteiger partial charge in [0.25, 0.3) is 5.91 Å². The lowest BCUT2D eigenvalue weighted by molar-refractivity contribution is 0.102. The first-order valence-corrected chi connectivity index (χ1v) is 6.43. The Hall–Kier alpha value is -2.15. The van der Waals surface area contributed by atoms with Crippen molar-refractivity contribution in [3.63, 3.8) is 0 Å². The molecule has 0 fully saturated rings. The van der Waals surface area contributed by atoms with E-state index in [4.69, 9.17) is 10.5 Å². The van der Waals surface area contributed by atoms with Gasteiger partial charge in [0.05, 0.1) is 12.3 Å². The van der Waals surface area contributed by atoms with Crippen molar-refractivity contribution >= 4 is 28.1 Å². The Labute approximate surface area is 113 Å². The maximum absolute atomic E-state index is 13.1. The summed E-state index contributed by atoms with van der Waals surface area (Å²) in [5.41, 5.74) is 6.07. The molecule has 1 aromatic heterocycles. The van der Waals surface area contributed by atoms with Crippen LogP contribution in [-0.2, 0) is 0 Å². The van der Waals surface area contributed by atoms with Crippen LogP contribution in [0.2, 0.25) is 0 Å². The van der Waals surface area contributed by atoms with Crippen LogP contribution >= 0.6 is 11.3 Å². The maximum Gasteiger partial charge on any atom is 0.275 e. The van der Waals surface area contributed by atoms with Crippen LogP contribution < -0.4 is 15.8 Å². The second-order valence-electron chi connectivity index (χ2n) is 3.60. The first-order valence-electron chi connectivity index (χ1n) is 5.55. The van der Waals surface area contributed by atoms with E-state index in [9.17, 15) is 9.18 Å². The van der Waals surface area contributed by atoms with Crippen LogP contribution in [-0.4, -0.2) is 17.5 Å². The Balaban J connectivity index is 2.20. The molecule has 1 amide bonds. The lowest BCUT2D eigenvalue weighted by Crippen LogP contribution is -2.13. The summed E-state index contributed by atoms with van der Waals surface area (Å²) in [6.45, 7) is 2.15. The topological polar surface area (TPSA) is 77.2 Å². The highest BCUT2D eigenvalue weighted by Gasteiger charge is 2.13. The van der Waals surface area contributed by atoms with Gasteiger partial charge < -0.3 is 15.8 Å². The Kier molecular flexibility index (Phi) is 3.96. The monoisotopic (exact) mass is 281 g/mol. The lowest BCUT2D eigenvalue weighted by atomic mass is 10.2. The average molecular weight is 281 g/mol. The van der Waals surface area contributed by atoms with Crippen molar-refractivity contribution in [2.24, 2.45) is 0 Å². The number of hydrogen-bond acceptors (Lipinski definition) is 5. The van der Waals surface area contributed by atoms with E-state index in [1.807, 2.05) is 0 Å². The largest absolute Gasteiger partial charge is 0.492 e. The Morgan fingerprint density at radius 3 is 3.00 bits per heavy atom. The minimum Gasteiger partial charge on any atom is -0.492 e. The molecule has 0 aliphatic heterocycles. The standard InChI is InChI=1S/C12H12FN3O2S/c1-2-18-10-5-7(13)3-4-8(10)15-11(17)9-6-19-12(14)16-9/h3-6H,2H2,1H3,(H2,14,16)(H,15,17). The molecule has 1 aromatic carbocycles. The number of nitrogens with zero attached hydrogens (tertiary/aromatic N) is 1. The third kappa shape index (κ3) is 3.19. The number of benzene rings is 1. The Bertz CT molecular complexity index is 600. The Morgan fingerprint density at radius 2 is 2.37 bits per heavy atom. The average Bonchev–Trinajstić information content (AvgIpc) is 2.80. The highest BCUT2D eigenvalue weighted by molar-refractivity contribution is 7.13. The molecule has 3 N–H and O–H groups in total. The number of aromatic nitrogens is 1. The highest BCUT2D eigenvalue weighted by atomic mass is 32.1. The van der Waals surface area contributed by atoms with E-state index in [1.54, 1.807) is 12.3 Å². The van der Waals surface area contributed by atoms with Crippen LogP contribution in [0.3, 0.4) is 0 Å². The van der Waals surface area contributed by atoms with Crippen LogP contribution in [0, 0.1) is 5.82 Å². The smallest absolute Gasteiger partial charge is 0.275 e. The molecule has 2 rings (SSSR count). The summed E-state index contributed by atoms with van der Waals surface area (Å²) < 4.78 is 18.4. The van der Waals surface area contributed by atoms with E-state index in [0.717, 1.165) is 0 Å². The van der Waals surface area contributed by atoms with Gasteiger partial charge in [0.2, 0.25) is 0 Å². The van der Waals surface area contributed by atoms with Gasteiger partial charge in [0, 0.05) is 11.4 Å². The fraction of sp³-hybridized carbons (Fsp3) is 0.167. The van der Waals surface area contributed by atoms with Crippen LogP contribution in [0.15, 0.2) is 23.6 Å². The van der Waals surface area contributed by atoms with Gasteiger partial charge in [-0.2, -0.15) is 0 Å². The molecule has 100 valence electrons. The predicted molar refractivity (Wildman–Crippen MR) is 72.0 cm³/mol. The number of thiazole rings is 1. The third-order valence-corrected chi connectivity index (χ3v) is 2.92. The molecule has 0 aliphatic carbocycles. The number of carbonyl (C=O) groups is 1. The number of amides is 1. The molecular formula is C12H12FN3O2S. The van der Waals surface area contributed by atoms with Crippen LogP contribution in [0.25, 0.3) is 0 Å². The van der Waals surface area contributed by atoms with E-state index in [-0.39, 0.29) is 11.4 Å². The molecule has 0 bridgehead atoms. The fourth-order valence-electron chi connectivity index (χ4n) is 1.45. The first kappa shape index (κ1) is 13.3. The summed E-state index contributed by atoms with van der Waals surface area (Å²) in [4.78, 5) is 15.8. The zero-order valence-corrected chi connectivity index (χ0v) is 11.0. The minimum absolute atomic E-state index is 0.217. The maximum atomic E-state index is 13.1. The van der Waals surface area contributed by atoms with Crippen molar-refractivity contribution in [1.82, 2.24) is 4.98 Å². The van der Waals surface area contributed by atoms with Crippen molar-refractivity contribution in [2.75, 3.05) is 17.7 Å². The van der Waals surface area contributed by atoms with Crippen molar-refractivity contribution in [1.29, 1.82) is 0 Å². The van der Waals surface area contributed by atoms with Crippen molar-refractivity contribution in [3.8, 4) is 5.75 Å². The van der Waals surface area contributed by atoms with Crippen molar-refractivity contribution in [3.05, 3.63) is 35.1 Å². The van der Waals surface area contributed by atoms with E-state index < -0.39 is 11.7 Å². The van der Waals surface area contributed by atoms with Crippen LogP contribution in [0.5, 0.6) is 5.75 Å². The molecule has 0 radical (unpaired) electrons. The van der Waals surface area contributed by atoms with E-state index >= 15 is 0 Å². The summed E-state index contributed by atoms with van der Waals surface area (Å²) in [7, 11) is 0. The third-order valence-electron chi connectivity index (χ3n) is 2.25. The van der Waals surface area contributed by atoms with Gasteiger partial charge in [0.1, 0.15) is 17.3 Å². The number of nitrogens with one attached hydrogen (secondary N) is 1. The molecule has 7 heteroatoms. The number of nitrogen functional groups attached to an aromatic ring is 1. The van der Waals surface area contributed by atoms with E-state index in [2.05, 4.69) is 10.3 Å². The number of anilines is 2. The number of rotatable bonds is 4. The SMILES string of the molecule is CCOc1cc(F)ccc1NC(=O)c1csc(N)n1. The fourth-order valence-corrected chi connectivity index (χ4v) is 2.00. The number of halogens is 1. The Morgan fingerprint density at radius 1 is 1.58 bits per heavy atom. The predicted octanol–water partition coefficient (Wildman–Crippen LogP) is 2.52. The summed E-state index contributed by atoms with van der Waals surface area (Å²) in [5, 5.41) is 4.47. The van der Waals surface area contributed by atoms with Gasteiger partial charge in [-0.15, -0.1) is 11.3 Å². The van der Waals surface area contributed by atoms with Crippen LogP contribution in [0.4, 0.5) is 15.2 Å². The molecule has 0 saturated heterocycles. The molecule has 19 heavy (non-hydrogen) atoms. The van der Waals surface area contributed by atoms with Gasteiger partial charge in [-0.25, -0.2) is 9.37 Å². The summed E-state index contributed by atoms with van der Waals surface area (Å²) in [6.07, 6.45) is 0. The number of hydrogen-bond donors (Lipinski definition) is 2. The minimum atomic E-state index is -0.431. The van der Waals surface area contributed by atoms with E-state index in [0.29, 0.717) is 17.4 Å². The second-order valence-corrected chi connectivity index (χ2v) is 4.49. The molecular weight excluding hydrogens is 269 g/mol. The summed E-state index contributed by atoms with van der Waals surface area (Å²) in [5.74, 6) is -0.570. The highest BCUT2D eigenvalue weighted by Crippen LogP contribution is 2.26. The normalized spacial score (nSPS) is 10.2. The molecule has 0 unspecified atom stereocenters. The molecule has 0 saturated carbocycles. The number of ether oxygens (including phenoxy) is 1. The lowest BCUT2D eigenvalue weighted by Gasteiger charge is -2.10. The zero-order chi connectivity index (χ0) is 13.8. The zero-order valence-electron chi connectivity index (χ0n) is 10.1. The summed E-state index contributed by atoms with van der Waals surface area (Å²) >= 11 is 1.17. The molecule has 0 aliphatic rings. The van der Waals surface area contributed by atoms with Gasteiger partial charge in [-0.3, -0.25) is 4.79 Å². The molecule has 1 heterocycles. The van der Waals surface area contributed by atoms with Gasteiger partial charge in [-0.05, 0) is 19.1 Å². The van der Waals surface area contributed by atoms with Crippen molar-refractivity contribution < 1.29 is 13.9 Å². The second kappa shape index (κ2) is 5.66. The molecule has 2 aromatic rings. The molecule has 0 spiro atoms. The van der Waals surface area contributed by atoms with Gasteiger partial charge >= 0.3 is 0 Å². The van der Waals surface area contributed by atoms with Crippen molar-refractivity contribution in [2.45, 2.75) is 6.92 Å². The van der Waals surface area contributed by atoms with E-state index in [1.165, 1.54) is 29.5 Å². The summed E-state index contributed by atoms with van der Waals surface area (Å²) in [6, 6.07) is 3.90.